The summed E-state index contributed by atoms with van der Waals surface area (Å²) < 4.78 is 21.0. The summed E-state index contributed by atoms with van der Waals surface area (Å²) in [5.74, 6) is -0.511. The Balaban J connectivity index is 1.65. The Labute approximate surface area is 195 Å². The van der Waals surface area contributed by atoms with Crippen molar-refractivity contribution >= 4 is 29.2 Å². The molecule has 0 bridgehead atoms. The average molecular weight is 468 g/mol. The van der Waals surface area contributed by atoms with Crippen LogP contribution in [0.1, 0.15) is 40.2 Å². The number of amides is 1. The van der Waals surface area contributed by atoms with E-state index in [-0.39, 0.29) is 31.0 Å². The number of benzene rings is 2. The number of likely N-dealkylation sites (tertiary alicyclic amines) is 1. The Morgan fingerprint density at radius 1 is 1.18 bits per heavy atom. The van der Waals surface area contributed by atoms with E-state index in [0.717, 1.165) is 35.4 Å². The van der Waals surface area contributed by atoms with Gasteiger partial charge in [-0.05, 0) is 60.9 Å². The topological polar surface area (TPSA) is 67.6 Å². The van der Waals surface area contributed by atoms with Gasteiger partial charge >= 0.3 is 0 Å². The van der Waals surface area contributed by atoms with E-state index >= 15 is 0 Å². The first-order valence-electron chi connectivity index (χ1n) is 10.9. The minimum atomic E-state index is -0.305. The molecule has 3 heterocycles. The van der Waals surface area contributed by atoms with Gasteiger partial charge in [0.1, 0.15) is 5.82 Å². The molecule has 6 nitrogen and oxygen atoms in total. The molecule has 170 valence electrons. The highest BCUT2D eigenvalue weighted by Gasteiger charge is 2.35. The molecule has 3 aromatic rings. The van der Waals surface area contributed by atoms with E-state index < -0.39 is 0 Å². The summed E-state index contributed by atoms with van der Waals surface area (Å²) in [4.78, 5) is 15.2. The number of rotatable bonds is 4. The minimum absolute atomic E-state index is 0.0714. The molecule has 2 aliphatic rings. The van der Waals surface area contributed by atoms with Crippen LogP contribution in [-0.4, -0.2) is 51.5 Å². The molecule has 0 saturated carbocycles. The molecule has 2 aromatic carbocycles. The average Bonchev–Trinajstić information content (AvgIpc) is 3.46. The molecule has 33 heavy (non-hydrogen) atoms. The first-order valence-corrected chi connectivity index (χ1v) is 11.3. The monoisotopic (exact) mass is 467 g/mol. The van der Waals surface area contributed by atoms with Crippen LogP contribution in [0.3, 0.4) is 0 Å². The van der Waals surface area contributed by atoms with Crippen molar-refractivity contribution in [1.82, 2.24) is 14.7 Å². The lowest BCUT2D eigenvalue weighted by atomic mass is 10.0. The molecule has 1 saturated heterocycles. The van der Waals surface area contributed by atoms with Crippen LogP contribution in [0, 0.1) is 5.82 Å². The fourth-order valence-electron chi connectivity index (χ4n) is 4.49. The lowest BCUT2D eigenvalue weighted by Gasteiger charge is -2.23. The summed E-state index contributed by atoms with van der Waals surface area (Å²) in [5, 5.41) is 15.0. The lowest BCUT2D eigenvalue weighted by molar-refractivity contribution is 0.0665. The normalized spacial score (nSPS) is 19.2. The molecule has 8 heteroatoms. The van der Waals surface area contributed by atoms with Gasteiger partial charge in [0.05, 0.1) is 37.2 Å². The van der Waals surface area contributed by atoms with E-state index in [1.807, 2.05) is 18.2 Å². The molecule has 0 unspecified atom stereocenters. The van der Waals surface area contributed by atoms with Gasteiger partial charge in [0.15, 0.2) is 5.69 Å². The fourth-order valence-corrected chi connectivity index (χ4v) is 4.61. The molecule has 1 aromatic heterocycles. The van der Waals surface area contributed by atoms with E-state index in [1.54, 1.807) is 33.8 Å². The largest absolute Gasteiger partial charge is 0.394 e. The highest BCUT2D eigenvalue weighted by molar-refractivity contribution is 6.30. The molecule has 0 radical (unpaired) electrons. The number of nitrogens with zero attached hydrogens (tertiary/aromatic N) is 3. The van der Waals surface area contributed by atoms with Crippen molar-refractivity contribution < 1.29 is 19.0 Å². The number of hydrogen-bond acceptors (Lipinski definition) is 4. The van der Waals surface area contributed by atoms with E-state index in [2.05, 4.69) is 0 Å². The van der Waals surface area contributed by atoms with Gasteiger partial charge in [0.2, 0.25) is 0 Å². The van der Waals surface area contributed by atoms with Crippen molar-refractivity contribution in [1.29, 1.82) is 0 Å². The molecule has 0 spiro atoms. The number of ether oxygens (including phenoxy) is 1. The maximum absolute atomic E-state index is 13.5. The van der Waals surface area contributed by atoms with Gasteiger partial charge in [-0.25, -0.2) is 9.07 Å². The SMILES string of the molecule is O=C(c1nn(-c2ccc(Cl)cc2)c2c1COCC2=Cc1ccc(F)cc1)N1CCC[C@@H]1CO. The third-order valence-electron chi connectivity index (χ3n) is 6.13. The van der Waals surface area contributed by atoms with Crippen LogP contribution in [0.25, 0.3) is 17.3 Å². The Morgan fingerprint density at radius 3 is 2.67 bits per heavy atom. The molecule has 1 N–H and O–H groups in total. The Morgan fingerprint density at radius 2 is 1.94 bits per heavy atom. The smallest absolute Gasteiger partial charge is 0.275 e. The van der Waals surface area contributed by atoms with Crippen molar-refractivity contribution in [2.24, 2.45) is 0 Å². The van der Waals surface area contributed by atoms with Gasteiger partial charge in [-0.15, -0.1) is 0 Å². The summed E-state index contributed by atoms with van der Waals surface area (Å²) in [6.07, 6.45) is 3.55. The number of halogens is 2. The summed E-state index contributed by atoms with van der Waals surface area (Å²) in [6, 6.07) is 13.3. The van der Waals surface area contributed by atoms with Crippen LogP contribution in [0.2, 0.25) is 5.02 Å². The first kappa shape index (κ1) is 21.8. The van der Waals surface area contributed by atoms with Crippen molar-refractivity contribution in [3.8, 4) is 5.69 Å². The second-order valence-corrected chi connectivity index (χ2v) is 8.69. The predicted octanol–water partition coefficient (Wildman–Crippen LogP) is 4.33. The van der Waals surface area contributed by atoms with Crippen LogP contribution in [0.4, 0.5) is 4.39 Å². The van der Waals surface area contributed by atoms with Gasteiger partial charge in [0.25, 0.3) is 5.91 Å². The van der Waals surface area contributed by atoms with Crippen LogP contribution in [0.15, 0.2) is 48.5 Å². The molecular weight excluding hydrogens is 445 g/mol. The first-order chi connectivity index (χ1) is 16.0. The zero-order valence-electron chi connectivity index (χ0n) is 17.9. The summed E-state index contributed by atoms with van der Waals surface area (Å²) >= 11 is 6.09. The predicted molar refractivity (Wildman–Crippen MR) is 124 cm³/mol. The second-order valence-electron chi connectivity index (χ2n) is 8.26. The number of aliphatic hydroxyl groups excluding tert-OH is 1. The number of hydrogen-bond donors (Lipinski definition) is 1. The van der Waals surface area contributed by atoms with Crippen LogP contribution in [0.5, 0.6) is 0 Å². The molecule has 1 fully saturated rings. The van der Waals surface area contributed by atoms with Gasteiger partial charge in [-0.3, -0.25) is 4.79 Å². The number of carbonyl (C=O) groups is 1. The molecular formula is C25H23ClFN3O3. The molecule has 5 rings (SSSR count). The van der Waals surface area contributed by atoms with E-state index in [1.165, 1.54) is 12.1 Å². The number of fused-ring (bicyclic) bond motifs is 1. The van der Waals surface area contributed by atoms with Gasteiger partial charge in [-0.1, -0.05) is 23.7 Å². The standard InChI is InChI=1S/C25H23ClFN3O3/c26-18-5-9-20(10-6-18)30-24-17(12-16-3-7-19(27)8-4-16)14-33-15-22(24)23(28-30)25(32)29-11-1-2-21(29)13-31/h3-10,12,21,31H,1-2,11,13-15H2/t21-/m1/s1. The molecule has 1 atom stereocenters. The number of aliphatic hydroxyl groups is 1. The van der Waals surface area contributed by atoms with E-state index in [0.29, 0.717) is 29.4 Å². The van der Waals surface area contributed by atoms with Crippen molar-refractivity contribution in [3.05, 3.63) is 81.9 Å². The molecule has 0 aliphatic carbocycles. The second kappa shape index (κ2) is 9.09. The van der Waals surface area contributed by atoms with Crippen molar-refractivity contribution in [2.45, 2.75) is 25.5 Å². The maximum atomic E-state index is 13.5. The maximum Gasteiger partial charge on any atom is 0.275 e. The zero-order chi connectivity index (χ0) is 22.9. The van der Waals surface area contributed by atoms with E-state index in [4.69, 9.17) is 21.4 Å². The minimum Gasteiger partial charge on any atom is -0.394 e. The Hall–Kier alpha value is -3.00. The fraction of sp³-hybridized carbons (Fsp3) is 0.280. The lowest BCUT2D eigenvalue weighted by Crippen LogP contribution is -2.38. The third kappa shape index (κ3) is 4.19. The Bertz CT molecular complexity index is 1200. The molecule has 2 aliphatic heterocycles. The number of aromatic nitrogens is 2. The molecule has 1 amide bonds. The highest BCUT2D eigenvalue weighted by Crippen LogP contribution is 2.34. The van der Waals surface area contributed by atoms with Crippen LogP contribution >= 0.6 is 11.6 Å². The van der Waals surface area contributed by atoms with Crippen molar-refractivity contribution in [3.63, 3.8) is 0 Å². The third-order valence-corrected chi connectivity index (χ3v) is 6.38. The van der Waals surface area contributed by atoms with Crippen LogP contribution in [-0.2, 0) is 11.3 Å². The van der Waals surface area contributed by atoms with Gasteiger partial charge < -0.3 is 14.7 Å². The number of carbonyl (C=O) groups excluding carboxylic acids is 1. The van der Waals surface area contributed by atoms with Gasteiger partial charge in [0, 0.05) is 22.7 Å². The zero-order valence-corrected chi connectivity index (χ0v) is 18.6. The van der Waals surface area contributed by atoms with Crippen LogP contribution < -0.4 is 0 Å². The van der Waals surface area contributed by atoms with Gasteiger partial charge in [-0.2, -0.15) is 5.10 Å². The van der Waals surface area contributed by atoms with Crippen molar-refractivity contribution in [2.75, 3.05) is 19.8 Å². The summed E-state index contributed by atoms with van der Waals surface area (Å²) in [5.41, 5.74) is 4.24. The summed E-state index contributed by atoms with van der Waals surface area (Å²) in [7, 11) is 0. The van der Waals surface area contributed by atoms with E-state index in [9.17, 15) is 14.3 Å². The quantitative estimate of drug-likeness (QED) is 0.620. The highest BCUT2D eigenvalue weighted by atomic mass is 35.5. The summed E-state index contributed by atoms with van der Waals surface area (Å²) in [6.45, 7) is 1.10. The Kier molecular flexibility index (Phi) is 6.01.